The van der Waals surface area contributed by atoms with Crippen molar-refractivity contribution in [1.29, 1.82) is 0 Å². The van der Waals surface area contributed by atoms with E-state index < -0.39 is 23.1 Å². The molecule has 1 fully saturated rings. The first-order valence-corrected chi connectivity index (χ1v) is 6.38. The number of esters is 1. The summed E-state index contributed by atoms with van der Waals surface area (Å²) in [6.07, 6.45) is 2.00. The van der Waals surface area contributed by atoms with Crippen molar-refractivity contribution in [3.8, 4) is 5.75 Å². The van der Waals surface area contributed by atoms with E-state index in [-0.39, 0.29) is 18.4 Å². The molecule has 20 heavy (non-hydrogen) atoms. The van der Waals surface area contributed by atoms with Crippen LogP contribution in [-0.4, -0.2) is 31.3 Å². The van der Waals surface area contributed by atoms with Crippen molar-refractivity contribution in [3.63, 3.8) is 0 Å². The molecule has 0 spiro atoms. The normalized spacial score (nSPS) is 17.4. The van der Waals surface area contributed by atoms with Gasteiger partial charge in [-0.25, -0.2) is 13.6 Å². The molecule has 1 saturated carbocycles. The first-order chi connectivity index (χ1) is 9.44. The maximum atomic E-state index is 13.1. The lowest BCUT2D eigenvalue weighted by Crippen LogP contribution is -2.55. The van der Waals surface area contributed by atoms with Crippen LogP contribution in [-0.2, 0) is 9.53 Å². The van der Waals surface area contributed by atoms with E-state index in [1.165, 1.54) is 13.2 Å². The molecule has 0 amide bonds. The van der Waals surface area contributed by atoms with Crippen LogP contribution in [0.5, 0.6) is 5.75 Å². The Hall–Kier alpha value is -1.69. The second-order valence-electron chi connectivity index (χ2n) is 5.11. The largest absolute Gasteiger partial charge is 0.491 e. The minimum absolute atomic E-state index is 0.0265. The SMILES string of the molecule is COC(=O)C(C)(COc1ccc(F)c(F)c1)NC1CC1. The smallest absolute Gasteiger partial charge is 0.329 e. The average molecular weight is 285 g/mol. The summed E-state index contributed by atoms with van der Waals surface area (Å²) >= 11 is 0. The van der Waals surface area contributed by atoms with Crippen LogP contribution in [0.1, 0.15) is 19.8 Å². The Kier molecular flexibility index (Phi) is 4.23. The van der Waals surface area contributed by atoms with Crippen LogP contribution in [0.4, 0.5) is 8.78 Å². The second kappa shape index (κ2) is 5.75. The highest BCUT2D eigenvalue weighted by Crippen LogP contribution is 2.24. The van der Waals surface area contributed by atoms with Crippen molar-refractivity contribution in [3.05, 3.63) is 29.8 Å². The van der Waals surface area contributed by atoms with Gasteiger partial charge in [-0.05, 0) is 31.9 Å². The third-order valence-electron chi connectivity index (χ3n) is 3.15. The summed E-state index contributed by atoms with van der Waals surface area (Å²) in [6, 6.07) is 3.51. The van der Waals surface area contributed by atoms with E-state index in [1.54, 1.807) is 6.92 Å². The van der Waals surface area contributed by atoms with Crippen LogP contribution < -0.4 is 10.1 Å². The first-order valence-electron chi connectivity index (χ1n) is 6.38. The van der Waals surface area contributed by atoms with Crippen LogP contribution in [0.25, 0.3) is 0 Å². The third-order valence-corrected chi connectivity index (χ3v) is 3.15. The number of halogens is 2. The summed E-state index contributed by atoms with van der Waals surface area (Å²) in [7, 11) is 1.30. The van der Waals surface area contributed by atoms with Gasteiger partial charge in [0.25, 0.3) is 0 Å². The molecule has 0 bridgehead atoms. The molecular weight excluding hydrogens is 268 g/mol. The van der Waals surface area contributed by atoms with Gasteiger partial charge in [0.1, 0.15) is 17.9 Å². The van der Waals surface area contributed by atoms with Gasteiger partial charge in [0.05, 0.1) is 7.11 Å². The molecule has 110 valence electrons. The monoisotopic (exact) mass is 285 g/mol. The number of carbonyl (C=O) groups is 1. The van der Waals surface area contributed by atoms with Crippen LogP contribution in [0.15, 0.2) is 18.2 Å². The fourth-order valence-electron chi connectivity index (χ4n) is 1.86. The zero-order valence-corrected chi connectivity index (χ0v) is 11.4. The summed E-state index contributed by atoms with van der Waals surface area (Å²) in [5, 5.41) is 3.15. The fourth-order valence-corrected chi connectivity index (χ4v) is 1.86. The molecule has 1 atom stereocenters. The molecule has 1 N–H and O–H groups in total. The van der Waals surface area contributed by atoms with Gasteiger partial charge in [-0.15, -0.1) is 0 Å². The Morgan fingerprint density at radius 2 is 2.10 bits per heavy atom. The summed E-state index contributed by atoms with van der Waals surface area (Å²) in [4.78, 5) is 11.8. The van der Waals surface area contributed by atoms with Crippen molar-refractivity contribution in [1.82, 2.24) is 5.32 Å². The molecule has 0 heterocycles. The van der Waals surface area contributed by atoms with E-state index in [2.05, 4.69) is 5.32 Å². The molecular formula is C14H17F2NO3. The van der Waals surface area contributed by atoms with Crippen molar-refractivity contribution in [2.75, 3.05) is 13.7 Å². The Morgan fingerprint density at radius 1 is 1.40 bits per heavy atom. The maximum absolute atomic E-state index is 13.1. The summed E-state index contributed by atoms with van der Waals surface area (Å²) in [6.45, 7) is 1.64. The Balaban J connectivity index is 2.03. The van der Waals surface area contributed by atoms with Gasteiger partial charge in [-0.1, -0.05) is 0 Å². The molecule has 1 aliphatic carbocycles. The predicted octanol–water partition coefficient (Wildman–Crippen LogP) is 2.03. The molecule has 6 heteroatoms. The van der Waals surface area contributed by atoms with Crippen LogP contribution >= 0.6 is 0 Å². The molecule has 2 rings (SSSR count). The highest BCUT2D eigenvalue weighted by molar-refractivity contribution is 5.80. The molecule has 0 saturated heterocycles. The molecule has 4 nitrogen and oxygen atoms in total. The molecule has 0 aliphatic heterocycles. The maximum Gasteiger partial charge on any atom is 0.329 e. The zero-order valence-electron chi connectivity index (χ0n) is 11.4. The van der Waals surface area contributed by atoms with Gasteiger partial charge in [-0.2, -0.15) is 0 Å². The minimum Gasteiger partial charge on any atom is -0.491 e. The van der Waals surface area contributed by atoms with E-state index in [0.29, 0.717) is 0 Å². The Labute approximate surface area is 116 Å². The molecule has 1 aromatic rings. The number of methoxy groups -OCH3 is 1. The van der Waals surface area contributed by atoms with Crippen LogP contribution in [0.3, 0.4) is 0 Å². The Morgan fingerprint density at radius 3 is 2.65 bits per heavy atom. The van der Waals surface area contributed by atoms with E-state index in [1.807, 2.05) is 0 Å². The van der Waals surface area contributed by atoms with Gasteiger partial charge in [-0.3, -0.25) is 5.32 Å². The lowest BCUT2D eigenvalue weighted by molar-refractivity contribution is -0.149. The van der Waals surface area contributed by atoms with E-state index in [4.69, 9.17) is 9.47 Å². The van der Waals surface area contributed by atoms with E-state index >= 15 is 0 Å². The summed E-state index contributed by atoms with van der Waals surface area (Å²) in [5.74, 6) is -2.22. The topological polar surface area (TPSA) is 47.6 Å². The molecule has 0 aromatic heterocycles. The number of hydrogen-bond acceptors (Lipinski definition) is 4. The molecule has 1 aromatic carbocycles. The second-order valence-corrected chi connectivity index (χ2v) is 5.11. The number of rotatable bonds is 6. The molecule has 1 unspecified atom stereocenters. The van der Waals surface area contributed by atoms with Gasteiger partial charge in [0, 0.05) is 12.1 Å². The average Bonchev–Trinajstić information content (AvgIpc) is 3.23. The molecule has 0 radical (unpaired) electrons. The van der Waals surface area contributed by atoms with Gasteiger partial charge in [0.2, 0.25) is 0 Å². The highest BCUT2D eigenvalue weighted by atomic mass is 19.2. The summed E-state index contributed by atoms with van der Waals surface area (Å²) < 4.78 is 36.0. The van der Waals surface area contributed by atoms with Crippen LogP contribution in [0.2, 0.25) is 0 Å². The van der Waals surface area contributed by atoms with Crippen molar-refractivity contribution in [2.45, 2.75) is 31.3 Å². The lowest BCUT2D eigenvalue weighted by atomic mass is 10.0. The van der Waals surface area contributed by atoms with Crippen molar-refractivity contribution in [2.24, 2.45) is 0 Å². The lowest BCUT2D eigenvalue weighted by Gasteiger charge is -2.28. The van der Waals surface area contributed by atoms with Crippen molar-refractivity contribution < 1.29 is 23.0 Å². The van der Waals surface area contributed by atoms with E-state index in [0.717, 1.165) is 25.0 Å². The third kappa shape index (κ3) is 3.45. The van der Waals surface area contributed by atoms with Gasteiger partial charge >= 0.3 is 5.97 Å². The van der Waals surface area contributed by atoms with Crippen LogP contribution in [0, 0.1) is 11.6 Å². The number of hydrogen-bond donors (Lipinski definition) is 1. The highest BCUT2D eigenvalue weighted by Gasteiger charge is 2.40. The predicted molar refractivity (Wildman–Crippen MR) is 68.4 cm³/mol. The first kappa shape index (κ1) is 14.7. The standard InChI is InChI=1S/C14H17F2NO3/c1-14(13(18)19-2,17-9-3-4-9)8-20-10-5-6-11(15)12(16)7-10/h5-7,9,17H,3-4,8H2,1-2H3. The summed E-state index contributed by atoms with van der Waals surface area (Å²) in [5.41, 5.74) is -1.01. The number of carbonyl (C=O) groups excluding carboxylic acids is 1. The van der Waals surface area contributed by atoms with Gasteiger partial charge < -0.3 is 9.47 Å². The molecule has 1 aliphatic rings. The number of ether oxygens (including phenoxy) is 2. The quantitative estimate of drug-likeness (QED) is 0.812. The van der Waals surface area contributed by atoms with Gasteiger partial charge in [0.15, 0.2) is 11.6 Å². The number of benzene rings is 1. The fraction of sp³-hybridized carbons (Fsp3) is 0.500. The van der Waals surface area contributed by atoms with Crippen molar-refractivity contribution >= 4 is 5.97 Å². The Bertz CT molecular complexity index is 505. The van der Waals surface area contributed by atoms with E-state index in [9.17, 15) is 13.6 Å². The zero-order chi connectivity index (χ0) is 14.8. The number of nitrogens with one attached hydrogen (secondary N) is 1. The minimum atomic E-state index is -1.01.